The van der Waals surface area contributed by atoms with E-state index in [0.717, 1.165) is 35.5 Å². The van der Waals surface area contributed by atoms with E-state index >= 15 is 0 Å². The minimum Gasteiger partial charge on any atom is -0.469 e. The Morgan fingerprint density at radius 3 is 2.70 bits per heavy atom. The summed E-state index contributed by atoms with van der Waals surface area (Å²) in [6, 6.07) is 9.66. The lowest BCUT2D eigenvalue weighted by Gasteiger charge is -2.18. The minimum absolute atomic E-state index is 0.365. The number of aromatic nitrogens is 2. The van der Waals surface area contributed by atoms with Gasteiger partial charge in [0.2, 0.25) is 5.91 Å². The third kappa shape index (κ3) is 2.86. The van der Waals surface area contributed by atoms with Crippen LogP contribution in [0.5, 0.6) is 0 Å². The molecule has 0 fully saturated rings. The van der Waals surface area contributed by atoms with E-state index in [4.69, 9.17) is 15.1 Å². The molecule has 3 rings (SSSR count). The van der Waals surface area contributed by atoms with Crippen LogP contribution in [0.4, 0.5) is 0 Å². The molecule has 0 aliphatic heterocycles. The summed E-state index contributed by atoms with van der Waals surface area (Å²) in [5.41, 5.74) is 7.70. The van der Waals surface area contributed by atoms with Gasteiger partial charge in [0.1, 0.15) is 11.6 Å². The maximum Gasteiger partial charge on any atom is 0.248 e. The molecule has 0 spiro atoms. The Labute approximate surface area is 135 Å². The first-order chi connectivity index (χ1) is 11.1. The van der Waals surface area contributed by atoms with Crippen molar-refractivity contribution in [2.75, 3.05) is 0 Å². The van der Waals surface area contributed by atoms with E-state index in [1.54, 1.807) is 18.4 Å². The molecule has 0 atom stereocenters. The second kappa shape index (κ2) is 6.28. The predicted octanol–water partition coefficient (Wildman–Crippen LogP) is 3.68. The van der Waals surface area contributed by atoms with Crippen LogP contribution in [-0.4, -0.2) is 15.5 Å². The molecular formula is C18H21N3O2. The first-order valence-electron chi connectivity index (χ1n) is 7.97. The molecule has 0 saturated carbocycles. The van der Waals surface area contributed by atoms with Crippen LogP contribution in [0.2, 0.25) is 0 Å². The minimum atomic E-state index is -0.434. The summed E-state index contributed by atoms with van der Waals surface area (Å²) >= 11 is 0. The standard InChI is InChI=1S/C18H21N3O2/c1-3-13(4-2)21-16-8-7-12(18(19)22)10-15(16)20-17(21)11-14-6-5-9-23-14/h5-10,13H,3-4,11H2,1-2H3,(H2,19,22). The molecule has 0 bridgehead atoms. The third-order valence-corrected chi connectivity index (χ3v) is 4.27. The van der Waals surface area contributed by atoms with E-state index < -0.39 is 5.91 Å². The van der Waals surface area contributed by atoms with Crippen LogP contribution in [0.1, 0.15) is 54.7 Å². The van der Waals surface area contributed by atoms with Crippen LogP contribution in [-0.2, 0) is 6.42 Å². The molecule has 1 amide bonds. The number of nitrogens with zero attached hydrogens (tertiary/aromatic N) is 2. The summed E-state index contributed by atoms with van der Waals surface area (Å²) in [7, 11) is 0. The number of imidazole rings is 1. The molecule has 5 nitrogen and oxygen atoms in total. The maximum absolute atomic E-state index is 11.4. The lowest BCUT2D eigenvalue weighted by molar-refractivity contribution is 0.100. The number of benzene rings is 1. The summed E-state index contributed by atoms with van der Waals surface area (Å²) in [5, 5.41) is 0. The number of amides is 1. The third-order valence-electron chi connectivity index (χ3n) is 4.27. The van der Waals surface area contributed by atoms with Crippen molar-refractivity contribution in [2.24, 2.45) is 5.73 Å². The van der Waals surface area contributed by atoms with Crippen molar-refractivity contribution < 1.29 is 9.21 Å². The molecule has 2 aromatic heterocycles. The van der Waals surface area contributed by atoms with Crippen molar-refractivity contribution in [1.29, 1.82) is 0 Å². The van der Waals surface area contributed by atoms with E-state index in [0.29, 0.717) is 18.0 Å². The molecule has 0 saturated heterocycles. The fraction of sp³-hybridized carbons (Fsp3) is 0.333. The van der Waals surface area contributed by atoms with Crippen molar-refractivity contribution >= 4 is 16.9 Å². The van der Waals surface area contributed by atoms with Crippen LogP contribution < -0.4 is 5.73 Å². The van der Waals surface area contributed by atoms with Gasteiger partial charge in [-0.05, 0) is 43.2 Å². The highest BCUT2D eigenvalue weighted by Crippen LogP contribution is 2.27. The van der Waals surface area contributed by atoms with Crippen molar-refractivity contribution in [3.05, 3.63) is 53.7 Å². The Bertz CT molecular complexity index is 814. The van der Waals surface area contributed by atoms with Gasteiger partial charge in [0, 0.05) is 11.6 Å². The molecule has 120 valence electrons. The normalized spacial score (nSPS) is 11.4. The molecule has 0 unspecified atom stereocenters. The zero-order chi connectivity index (χ0) is 16.4. The Hall–Kier alpha value is -2.56. The van der Waals surface area contributed by atoms with Gasteiger partial charge in [-0.15, -0.1) is 0 Å². The van der Waals surface area contributed by atoms with Gasteiger partial charge >= 0.3 is 0 Å². The van der Waals surface area contributed by atoms with Gasteiger partial charge in [-0.2, -0.15) is 0 Å². The number of hydrogen-bond donors (Lipinski definition) is 1. The summed E-state index contributed by atoms with van der Waals surface area (Å²) in [6.45, 7) is 4.35. The smallest absolute Gasteiger partial charge is 0.248 e. The molecule has 0 radical (unpaired) electrons. The lowest BCUT2D eigenvalue weighted by atomic mass is 10.1. The van der Waals surface area contributed by atoms with Crippen LogP contribution in [0.15, 0.2) is 41.0 Å². The Balaban J connectivity index is 2.15. The van der Waals surface area contributed by atoms with Crippen LogP contribution in [0, 0.1) is 0 Å². The van der Waals surface area contributed by atoms with Crippen molar-refractivity contribution in [3.8, 4) is 0 Å². The molecule has 2 heterocycles. The largest absolute Gasteiger partial charge is 0.469 e. The van der Waals surface area contributed by atoms with Gasteiger partial charge in [0.15, 0.2) is 0 Å². The fourth-order valence-corrected chi connectivity index (χ4v) is 3.06. The number of primary amides is 1. The lowest BCUT2D eigenvalue weighted by Crippen LogP contribution is -2.12. The summed E-state index contributed by atoms with van der Waals surface area (Å²) in [5.74, 6) is 1.39. The fourth-order valence-electron chi connectivity index (χ4n) is 3.06. The van der Waals surface area contributed by atoms with Crippen molar-refractivity contribution in [3.63, 3.8) is 0 Å². The number of carbonyl (C=O) groups is 1. The maximum atomic E-state index is 11.4. The molecule has 5 heteroatoms. The Morgan fingerprint density at radius 1 is 1.30 bits per heavy atom. The summed E-state index contributed by atoms with van der Waals surface area (Å²) in [4.78, 5) is 16.2. The van der Waals surface area contributed by atoms with Gasteiger partial charge in [0.25, 0.3) is 0 Å². The second-order valence-electron chi connectivity index (χ2n) is 5.69. The van der Waals surface area contributed by atoms with E-state index in [1.165, 1.54) is 0 Å². The molecule has 1 aromatic carbocycles. The SMILES string of the molecule is CCC(CC)n1c(Cc2ccco2)nc2cc(C(N)=O)ccc21. The number of rotatable bonds is 6. The number of furan rings is 1. The van der Waals surface area contributed by atoms with Crippen LogP contribution in [0.25, 0.3) is 11.0 Å². The Kier molecular flexibility index (Phi) is 4.19. The molecule has 2 N–H and O–H groups in total. The number of fused-ring (bicyclic) bond motifs is 1. The average Bonchev–Trinajstić information content (AvgIpc) is 3.16. The zero-order valence-corrected chi connectivity index (χ0v) is 13.5. The van der Waals surface area contributed by atoms with Gasteiger partial charge in [-0.3, -0.25) is 4.79 Å². The second-order valence-corrected chi connectivity index (χ2v) is 5.69. The van der Waals surface area contributed by atoms with E-state index in [-0.39, 0.29) is 0 Å². The highest BCUT2D eigenvalue weighted by Gasteiger charge is 2.18. The highest BCUT2D eigenvalue weighted by atomic mass is 16.3. The van der Waals surface area contributed by atoms with Crippen LogP contribution in [0.3, 0.4) is 0 Å². The zero-order valence-electron chi connectivity index (χ0n) is 13.5. The Morgan fingerprint density at radius 2 is 2.09 bits per heavy atom. The first kappa shape index (κ1) is 15.3. The van der Waals surface area contributed by atoms with Gasteiger partial charge < -0.3 is 14.7 Å². The summed E-state index contributed by atoms with van der Waals surface area (Å²) in [6.07, 6.45) is 4.34. The van der Waals surface area contributed by atoms with E-state index in [2.05, 4.69) is 18.4 Å². The quantitative estimate of drug-likeness (QED) is 0.754. The average molecular weight is 311 g/mol. The van der Waals surface area contributed by atoms with Gasteiger partial charge in [-0.25, -0.2) is 4.98 Å². The summed E-state index contributed by atoms with van der Waals surface area (Å²) < 4.78 is 7.74. The van der Waals surface area contributed by atoms with Gasteiger partial charge in [0.05, 0.1) is 23.7 Å². The number of hydrogen-bond acceptors (Lipinski definition) is 3. The number of nitrogens with two attached hydrogens (primary N) is 1. The van der Waals surface area contributed by atoms with E-state index in [1.807, 2.05) is 18.2 Å². The molecule has 3 aromatic rings. The monoisotopic (exact) mass is 311 g/mol. The van der Waals surface area contributed by atoms with Crippen LogP contribution >= 0.6 is 0 Å². The van der Waals surface area contributed by atoms with E-state index in [9.17, 15) is 4.79 Å². The highest BCUT2D eigenvalue weighted by molar-refractivity contribution is 5.96. The van der Waals surface area contributed by atoms with Gasteiger partial charge in [-0.1, -0.05) is 13.8 Å². The van der Waals surface area contributed by atoms with Crippen molar-refractivity contribution in [2.45, 2.75) is 39.2 Å². The van der Waals surface area contributed by atoms with Crippen molar-refractivity contribution in [1.82, 2.24) is 9.55 Å². The predicted molar refractivity (Wildman–Crippen MR) is 89.4 cm³/mol. The first-order valence-corrected chi connectivity index (χ1v) is 7.97. The topological polar surface area (TPSA) is 74.1 Å². The molecular weight excluding hydrogens is 290 g/mol. The molecule has 23 heavy (non-hydrogen) atoms. The molecule has 0 aliphatic carbocycles. The molecule has 0 aliphatic rings. The number of carbonyl (C=O) groups excluding carboxylic acids is 1.